The summed E-state index contributed by atoms with van der Waals surface area (Å²) in [4.78, 5) is 0. The number of nitrogens with two attached hydrogens (primary N) is 1. The predicted molar refractivity (Wildman–Crippen MR) is 115 cm³/mol. The maximum Gasteiger partial charge on any atom is 0.0780 e. The number of ether oxygens (including phenoxy) is 3. The monoisotopic (exact) mass is 357 g/mol. The van der Waals surface area contributed by atoms with Crippen LogP contribution in [0, 0.1) is 5.92 Å². The Labute approximate surface area is 156 Å². The number of rotatable bonds is 12. The normalized spacial score (nSPS) is 11.2. The molecule has 4 heteroatoms. The van der Waals surface area contributed by atoms with Gasteiger partial charge in [0.2, 0.25) is 0 Å². The van der Waals surface area contributed by atoms with Crippen LogP contribution < -0.4 is 5.73 Å². The Morgan fingerprint density at radius 1 is 0.667 bits per heavy atom. The minimum atomic E-state index is 0. The van der Waals surface area contributed by atoms with Crippen molar-refractivity contribution < 1.29 is 14.2 Å². The van der Waals surface area contributed by atoms with Crippen LogP contribution >= 0.6 is 0 Å². The van der Waals surface area contributed by atoms with Crippen molar-refractivity contribution in [1.29, 1.82) is 0 Å². The highest BCUT2D eigenvalue weighted by molar-refractivity contribution is 4.51. The molecule has 24 heavy (non-hydrogen) atoms. The molecule has 0 aromatic heterocycles. The van der Waals surface area contributed by atoms with Gasteiger partial charge in [-0.25, -0.2) is 0 Å². The Morgan fingerprint density at radius 2 is 1.08 bits per heavy atom. The molecular formula is C20H55NO3. The third-order valence-electron chi connectivity index (χ3n) is 2.27. The van der Waals surface area contributed by atoms with E-state index in [1.807, 2.05) is 13.8 Å². The van der Waals surface area contributed by atoms with Crippen LogP contribution in [0.5, 0.6) is 0 Å². The molecule has 2 atom stereocenters. The van der Waals surface area contributed by atoms with Gasteiger partial charge in [-0.2, -0.15) is 0 Å². The summed E-state index contributed by atoms with van der Waals surface area (Å²) in [5, 5.41) is 0. The van der Waals surface area contributed by atoms with E-state index >= 15 is 0 Å². The van der Waals surface area contributed by atoms with Crippen molar-refractivity contribution in [2.75, 3.05) is 33.0 Å². The maximum absolute atomic E-state index is 5.61. The van der Waals surface area contributed by atoms with Crippen LogP contribution in [-0.2, 0) is 14.2 Å². The average molecular weight is 358 g/mol. The Hall–Kier alpha value is -0.160. The molecule has 4 nitrogen and oxygen atoms in total. The third-order valence-corrected chi connectivity index (χ3v) is 2.27. The summed E-state index contributed by atoms with van der Waals surface area (Å²) in [5.41, 5.74) is 5.57. The zero-order chi connectivity index (χ0) is 13.8. The zero-order valence-electron chi connectivity index (χ0n) is 12.5. The van der Waals surface area contributed by atoms with Crippen molar-refractivity contribution in [3.63, 3.8) is 0 Å². The summed E-state index contributed by atoms with van der Waals surface area (Å²) in [5.74, 6) is 0.578. The first-order valence-electron chi connectivity index (χ1n) is 7.05. The van der Waals surface area contributed by atoms with Crippen LogP contribution in [0.25, 0.3) is 0 Å². The van der Waals surface area contributed by atoms with Gasteiger partial charge < -0.3 is 19.9 Å². The van der Waals surface area contributed by atoms with Crippen LogP contribution in [0.3, 0.4) is 0 Å². The van der Waals surface area contributed by atoms with E-state index in [1.54, 1.807) is 0 Å². The highest BCUT2D eigenvalue weighted by atomic mass is 16.5. The van der Waals surface area contributed by atoms with Gasteiger partial charge in [-0.3, -0.25) is 0 Å². The molecule has 0 heterocycles. The van der Waals surface area contributed by atoms with Crippen LogP contribution in [0.15, 0.2) is 0 Å². The molecule has 0 aliphatic heterocycles. The summed E-state index contributed by atoms with van der Waals surface area (Å²) in [6.07, 6.45) is 2.23. The van der Waals surface area contributed by atoms with Crippen LogP contribution in [0.4, 0.5) is 0 Å². The molecule has 0 spiro atoms. The molecule has 158 valence electrons. The summed E-state index contributed by atoms with van der Waals surface area (Å²) >= 11 is 0. The largest absolute Gasteiger partial charge is 0.380 e. The van der Waals surface area contributed by atoms with E-state index in [9.17, 15) is 0 Å². The maximum atomic E-state index is 5.61. The zero-order valence-corrected chi connectivity index (χ0v) is 12.5. The fraction of sp³-hybridized carbons (Fsp3) is 1.00. The second-order valence-corrected chi connectivity index (χ2v) is 5.37. The second-order valence-electron chi connectivity index (χ2n) is 5.37. The van der Waals surface area contributed by atoms with Crippen LogP contribution in [-0.4, -0.2) is 45.2 Å². The van der Waals surface area contributed by atoms with Crippen LogP contribution in [0.1, 0.15) is 85.1 Å². The molecule has 0 aromatic carbocycles. The topological polar surface area (TPSA) is 53.7 Å². The Morgan fingerprint density at radius 3 is 1.46 bits per heavy atom. The molecule has 0 amide bonds. The van der Waals surface area contributed by atoms with Crippen molar-refractivity contribution in [2.45, 2.75) is 97.2 Å². The fourth-order valence-corrected chi connectivity index (χ4v) is 1.33. The molecule has 2 N–H and O–H groups in total. The molecule has 0 rings (SSSR count). The minimum absolute atomic E-state index is 0. The quantitative estimate of drug-likeness (QED) is 0.434. The van der Waals surface area contributed by atoms with E-state index in [0.29, 0.717) is 19.1 Å². The number of hydrogen-bond donors (Lipinski definition) is 1. The first kappa shape index (κ1) is 43.9. The standard InChI is InChI=1S/C14H31NO3.6CH4/c1-12(2)9-18-14(4)11-17-8-6-5-7-16-10-13(3)15;;;;;;/h12-14H,5-11,15H2,1-4H3;6*1H4. The first-order valence-corrected chi connectivity index (χ1v) is 7.05. The lowest BCUT2D eigenvalue weighted by Gasteiger charge is -2.15. The Balaban J connectivity index is -0.0000000963. The second kappa shape index (κ2) is 30.7. The molecule has 0 bridgehead atoms. The minimum Gasteiger partial charge on any atom is -0.380 e. The smallest absolute Gasteiger partial charge is 0.0780 e. The Bertz CT molecular complexity index is 176. The van der Waals surface area contributed by atoms with Gasteiger partial charge in [0.15, 0.2) is 0 Å². The van der Waals surface area contributed by atoms with Crippen molar-refractivity contribution in [3.05, 3.63) is 0 Å². The fourth-order valence-electron chi connectivity index (χ4n) is 1.33. The van der Waals surface area contributed by atoms with Crippen molar-refractivity contribution in [1.82, 2.24) is 0 Å². The summed E-state index contributed by atoms with van der Waals surface area (Å²) in [6, 6.07) is 0.125. The summed E-state index contributed by atoms with van der Waals surface area (Å²) in [6.45, 7) is 12.0. The van der Waals surface area contributed by atoms with E-state index in [4.69, 9.17) is 19.9 Å². The lowest BCUT2D eigenvalue weighted by atomic mass is 10.2. The molecule has 0 aliphatic carbocycles. The van der Waals surface area contributed by atoms with Gasteiger partial charge in [-0.15, -0.1) is 0 Å². The highest BCUT2D eigenvalue weighted by Crippen LogP contribution is 1.99. The lowest BCUT2D eigenvalue weighted by molar-refractivity contribution is -0.0176. The first-order chi connectivity index (χ1) is 8.52. The molecule has 0 fully saturated rings. The molecule has 2 unspecified atom stereocenters. The van der Waals surface area contributed by atoms with Crippen molar-refractivity contribution in [2.24, 2.45) is 11.7 Å². The van der Waals surface area contributed by atoms with E-state index in [-0.39, 0.29) is 56.7 Å². The van der Waals surface area contributed by atoms with Gasteiger partial charge in [-0.1, -0.05) is 58.4 Å². The summed E-state index contributed by atoms with van der Waals surface area (Å²) < 4.78 is 16.5. The predicted octanol–water partition coefficient (Wildman–Crippen LogP) is 6.02. The third kappa shape index (κ3) is 37.8. The van der Waals surface area contributed by atoms with E-state index in [0.717, 1.165) is 32.7 Å². The Kier molecular flexibility index (Phi) is 56.1. The van der Waals surface area contributed by atoms with Crippen molar-refractivity contribution in [3.8, 4) is 0 Å². The molecule has 0 aromatic rings. The van der Waals surface area contributed by atoms with Gasteiger partial charge in [-0.05, 0) is 32.6 Å². The molecular weight excluding hydrogens is 302 g/mol. The molecule has 0 radical (unpaired) electrons. The van der Waals surface area contributed by atoms with Gasteiger partial charge >= 0.3 is 0 Å². The average Bonchev–Trinajstić information content (AvgIpc) is 2.29. The molecule has 0 saturated carbocycles. The number of unbranched alkanes of at least 4 members (excludes halogenated alkanes) is 1. The van der Waals surface area contributed by atoms with Crippen molar-refractivity contribution >= 4 is 0 Å². The summed E-state index contributed by atoms with van der Waals surface area (Å²) in [7, 11) is 0. The molecule has 0 saturated heterocycles. The SMILES string of the molecule is C.C.C.C.C.C.CC(C)COC(C)COCCCCOCC(C)N. The van der Waals surface area contributed by atoms with Crippen LogP contribution in [0.2, 0.25) is 0 Å². The molecule has 0 aliphatic rings. The van der Waals surface area contributed by atoms with E-state index in [2.05, 4.69) is 13.8 Å². The highest BCUT2D eigenvalue weighted by Gasteiger charge is 2.03. The van der Waals surface area contributed by atoms with E-state index < -0.39 is 0 Å². The lowest BCUT2D eigenvalue weighted by Crippen LogP contribution is -2.22. The van der Waals surface area contributed by atoms with E-state index in [1.165, 1.54) is 0 Å². The van der Waals surface area contributed by atoms with Gasteiger partial charge in [0.25, 0.3) is 0 Å². The van der Waals surface area contributed by atoms with Gasteiger partial charge in [0.1, 0.15) is 0 Å². The van der Waals surface area contributed by atoms with Gasteiger partial charge in [0.05, 0.1) is 19.3 Å². The van der Waals surface area contributed by atoms with Gasteiger partial charge in [0, 0.05) is 25.9 Å². The number of hydrogen-bond acceptors (Lipinski definition) is 4.